The summed E-state index contributed by atoms with van der Waals surface area (Å²) in [4.78, 5) is 0. The first-order chi connectivity index (χ1) is 5.75. The predicted molar refractivity (Wildman–Crippen MR) is 50.0 cm³/mol. The smallest absolute Gasteiger partial charge is 0.0469 e. The molecule has 1 rings (SSSR count). The van der Waals surface area contributed by atoms with Gasteiger partial charge in [-0.05, 0) is 32.7 Å². The van der Waals surface area contributed by atoms with E-state index in [9.17, 15) is 0 Å². The predicted octanol–water partition coefficient (Wildman–Crippen LogP) is 0.348. The number of hydrogen-bond acceptors (Lipinski definition) is 3. The van der Waals surface area contributed by atoms with Crippen molar-refractivity contribution >= 4 is 0 Å². The molecular formula is C9H20N2O. The van der Waals surface area contributed by atoms with E-state index in [0.717, 1.165) is 26.1 Å². The molecule has 0 bridgehead atoms. The summed E-state index contributed by atoms with van der Waals surface area (Å²) in [5.74, 6) is 0.698. The monoisotopic (exact) mass is 172 g/mol. The molecule has 0 aromatic rings. The van der Waals surface area contributed by atoms with E-state index in [-0.39, 0.29) is 6.04 Å². The molecule has 0 amide bonds. The van der Waals surface area contributed by atoms with Gasteiger partial charge in [0, 0.05) is 25.3 Å². The quantitative estimate of drug-likeness (QED) is 0.645. The molecule has 0 saturated carbocycles. The highest BCUT2D eigenvalue weighted by atomic mass is 16.5. The van der Waals surface area contributed by atoms with Crippen molar-refractivity contribution in [1.82, 2.24) is 5.32 Å². The van der Waals surface area contributed by atoms with Crippen LogP contribution in [0.4, 0.5) is 0 Å². The van der Waals surface area contributed by atoms with E-state index in [0.29, 0.717) is 12.0 Å². The molecule has 72 valence electrons. The third-order valence-electron chi connectivity index (χ3n) is 2.67. The average molecular weight is 172 g/mol. The summed E-state index contributed by atoms with van der Waals surface area (Å²) < 4.78 is 5.31. The van der Waals surface area contributed by atoms with Gasteiger partial charge in [-0.15, -0.1) is 0 Å². The van der Waals surface area contributed by atoms with Gasteiger partial charge in [0.2, 0.25) is 0 Å². The van der Waals surface area contributed by atoms with E-state index in [1.54, 1.807) is 0 Å². The fourth-order valence-corrected chi connectivity index (χ4v) is 2.00. The molecule has 2 unspecified atom stereocenters. The topological polar surface area (TPSA) is 47.3 Å². The second-order valence-electron chi connectivity index (χ2n) is 3.62. The van der Waals surface area contributed by atoms with Crippen molar-refractivity contribution in [1.29, 1.82) is 0 Å². The highest BCUT2D eigenvalue weighted by molar-refractivity contribution is 4.83. The van der Waals surface area contributed by atoms with Crippen LogP contribution in [-0.4, -0.2) is 32.3 Å². The maximum absolute atomic E-state index is 5.87. The van der Waals surface area contributed by atoms with Crippen LogP contribution in [0.5, 0.6) is 0 Å². The largest absolute Gasteiger partial charge is 0.381 e. The Bertz CT molecular complexity index is 122. The number of nitrogens with two attached hydrogens (primary N) is 1. The number of ether oxygens (including phenoxy) is 1. The minimum atomic E-state index is 0.234. The summed E-state index contributed by atoms with van der Waals surface area (Å²) in [5, 5.41) is 3.29. The Morgan fingerprint density at radius 1 is 1.42 bits per heavy atom. The molecule has 1 aliphatic heterocycles. The van der Waals surface area contributed by atoms with Gasteiger partial charge in [-0.1, -0.05) is 0 Å². The van der Waals surface area contributed by atoms with Crippen molar-refractivity contribution in [3.8, 4) is 0 Å². The molecule has 0 aliphatic carbocycles. The Kier molecular flexibility index (Phi) is 3.98. The maximum atomic E-state index is 5.87. The average Bonchev–Trinajstić information content (AvgIpc) is 2.07. The Morgan fingerprint density at radius 3 is 2.42 bits per heavy atom. The summed E-state index contributed by atoms with van der Waals surface area (Å²) in [5.41, 5.74) is 5.87. The minimum absolute atomic E-state index is 0.234. The molecule has 1 aliphatic rings. The van der Waals surface area contributed by atoms with Crippen LogP contribution in [0, 0.1) is 5.92 Å². The van der Waals surface area contributed by atoms with Gasteiger partial charge in [0.1, 0.15) is 0 Å². The molecule has 1 saturated heterocycles. The first kappa shape index (κ1) is 9.96. The van der Waals surface area contributed by atoms with E-state index in [1.165, 1.54) is 0 Å². The molecule has 3 heteroatoms. The highest BCUT2D eigenvalue weighted by Gasteiger charge is 2.24. The summed E-state index contributed by atoms with van der Waals surface area (Å²) in [6, 6.07) is 0.687. The van der Waals surface area contributed by atoms with Crippen LogP contribution in [-0.2, 0) is 4.74 Å². The van der Waals surface area contributed by atoms with Crippen molar-refractivity contribution in [3.63, 3.8) is 0 Å². The normalized spacial score (nSPS) is 25.2. The fourth-order valence-electron chi connectivity index (χ4n) is 2.00. The zero-order valence-electron chi connectivity index (χ0n) is 8.05. The molecule has 3 nitrogen and oxygen atoms in total. The summed E-state index contributed by atoms with van der Waals surface area (Å²) in [6.07, 6.45) is 2.29. The Morgan fingerprint density at radius 2 is 2.00 bits per heavy atom. The van der Waals surface area contributed by atoms with Crippen LogP contribution in [0.1, 0.15) is 19.8 Å². The molecule has 0 spiro atoms. The Labute approximate surface area is 74.7 Å². The lowest BCUT2D eigenvalue weighted by molar-refractivity contribution is 0.0521. The lowest BCUT2D eigenvalue weighted by atomic mass is 9.88. The van der Waals surface area contributed by atoms with E-state index >= 15 is 0 Å². The van der Waals surface area contributed by atoms with Crippen molar-refractivity contribution in [2.75, 3.05) is 20.3 Å². The minimum Gasteiger partial charge on any atom is -0.381 e. The van der Waals surface area contributed by atoms with E-state index in [1.807, 2.05) is 7.05 Å². The highest BCUT2D eigenvalue weighted by Crippen LogP contribution is 2.19. The number of likely N-dealkylation sites (N-methyl/N-ethyl adjacent to an activating group) is 1. The van der Waals surface area contributed by atoms with Crippen LogP contribution in [0.15, 0.2) is 0 Å². The second-order valence-corrected chi connectivity index (χ2v) is 3.62. The SMILES string of the molecule is CNC(C(C)N)C1CCOCC1. The molecule has 0 aromatic carbocycles. The van der Waals surface area contributed by atoms with E-state index in [4.69, 9.17) is 10.5 Å². The Balaban J connectivity index is 2.40. The first-order valence-corrected chi connectivity index (χ1v) is 4.76. The Hall–Kier alpha value is -0.120. The van der Waals surface area contributed by atoms with Gasteiger partial charge in [-0.3, -0.25) is 0 Å². The van der Waals surface area contributed by atoms with Crippen LogP contribution in [0.3, 0.4) is 0 Å². The molecule has 1 fully saturated rings. The lowest BCUT2D eigenvalue weighted by Gasteiger charge is -2.32. The third-order valence-corrected chi connectivity index (χ3v) is 2.67. The molecule has 2 atom stereocenters. The van der Waals surface area contributed by atoms with Gasteiger partial charge >= 0.3 is 0 Å². The third kappa shape index (κ3) is 2.44. The zero-order chi connectivity index (χ0) is 8.97. The van der Waals surface area contributed by atoms with Crippen molar-refractivity contribution in [3.05, 3.63) is 0 Å². The van der Waals surface area contributed by atoms with Crippen LogP contribution >= 0.6 is 0 Å². The summed E-state index contributed by atoms with van der Waals surface area (Å²) >= 11 is 0. The second kappa shape index (κ2) is 4.80. The van der Waals surface area contributed by atoms with Gasteiger partial charge in [0.25, 0.3) is 0 Å². The fraction of sp³-hybridized carbons (Fsp3) is 1.00. The molecule has 1 heterocycles. The van der Waals surface area contributed by atoms with Gasteiger partial charge in [-0.25, -0.2) is 0 Å². The van der Waals surface area contributed by atoms with Crippen LogP contribution in [0.25, 0.3) is 0 Å². The number of nitrogens with one attached hydrogen (secondary N) is 1. The maximum Gasteiger partial charge on any atom is 0.0469 e. The van der Waals surface area contributed by atoms with Gasteiger partial charge in [-0.2, -0.15) is 0 Å². The van der Waals surface area contributed by atoms with Crippen molar-refractivity contribution < 1.29 is 4.74 Å². The summed E-state index contributed by atoms with van der Waals surface area (Å²) in [6.45, 7) is 3.86. The van der Waals surface area contributed by atoms with Gasteiger partial charge in [0.15, 0.2) is 0 Å². The molecule has 0 radical (unpaired) electrons. The lowest BCUT2D eigenvalue weighted by Crippen LogP contribution is -2.48. The van der Waals surface area contributed by atoms with Crippen molar-refractivity contribution in [2.45, 2.75) is 31.8 Å². The molecule has 12 heavy (non-hydrogen) atoms. The number of rotatable bonds is 3. The molecular weight excluding hydrogens is 152 g/mol. The van der Waals surface area contributed by atoms with Crippen molar-refractivity contribution in [2.24, 2.45) is 11.7 Å². The number of hydrogen-bond donors (Lipinski definition) is 2. The van der Waals surface area contributed by atoms with E-state index in [2.05, 4.69) is 12.2 Å². The van der Waals surface area contributed by atoms with E-state index < -0.39 is 0 Å². The van der Waals surface area contributed by atoms with Gasteiger partial charge in [0.05, 0.1) is 0 Å². The molecule has 3 N–H and O–H groups in total. The van der Waals surface area contributed by atoms with Crippen LogP contribution < -0.4 is 11.1 Å². The molecule has 0 aromatic heterocycles. The summed E-state index contributed by atoms with van der Waals surface area (Å²) in [7, 11) is 1.99. The van der Waals surface area contributed by atoms with Gasteiger partial charge < -0.3 is 15.8 Å². The standard InChI is InChI=1S/C9H20N2O/c1-7(10)9(11-2)8-3-5-12-6-4-8/h7-9,11H,3-6,10H2,1-2H3. The first-order valence-electron chi connectivity index (χ1n) is 4.76. The van der Waals surface area contributed by atoms with Crippen LogP contribution in [0.2, 0.25) is 0 Å². The zero-order valence-corrected chi connectivity index (χ0v) is 8.05.